The van der Waals surface area contributed by atoms with Crippen LogP contribution in [0.15, 0.2) is 24.3 Å². The number of methoxy groups -OCH3 is 1. The Kier molecular flexibility index (Phi) is 4.32. The Balaban J connectivity index is 2.71. The topological polar surface area (TPSA) is 29.5 Å². The molecule has 0 radical (unpaired) electrons. The standard InChI is InChI=1S/C11H13F3O2/c1-16-7-6-10(15)8-2-4-9(5-3-8)11(12,13)14/h2-5,10,15H,6-7H2,1H3. The van der Waals surface area contributed by atoms with Gasteiger partial charge in [-0.05, 0) is 17.7 Å². The van der Waals surface area contributed by atoms with Gasteiger partial charge in [-0.25, -0.2) is 0 Å². The van der Waals surface area contributed by atoms with Crippen LogP contribution in [0.25, 0.3) is 0 Å². The van der Waals surface area contributed by atoms with Crippen LogP contribution in [0.5, 0.6) is 0 Å². The molecule has 16 heavy (non-hydrogen) atoms. The molecule has 0 aliphatic rings. The number of aliphatic hydroxyl groups excluding tert-OH is 1. The van der Waals surface area contributed by atoms with Gasteiger partial charge in [-0.2, -0.15) is 13.2 Å². The number of hydrogen-bond donors (Lipinski definition) is 1. The monoisotopic (exact) mass is 234 g/mol. The van der Waals surface area contributed by atoms with E-state index in [1.54, 1.807) is 0 Å². The Hall–Kier alpha value is -1.07. The maximum atomic E-state index is 12.2. The van der Waals surface area contributed by atoms with Crippen molar-refractivity contribution in [2.24, 2.45) is 0 Å². The van der Waals surface area contributed by atoms with Crippen molar-refractivity contribution in [3.8, 4) is 0 Å². The molecule has 1 aromatic rings. The van der Waals surface area contributed by atoms with Crippen molar-refractivity contribution in [1.82, 2.24) is 0 Å². The normalized spacial score (nSPS) is 13.8. The molecule has 1 N–H and O–H groups in total. The number of ether oxygens (including phenoxy) is 1. The van der Waals surface area contributed by atoms with E-state index in [4.69, 9.17) is 4.74 Å². The summed E-state index contributed by atoms with van der Waals surface area (Å²) in [6, 6.07) is 4.49. The van der Waals surface area contributed by atoms with E-state index in [-0.39, 0.29) is 0 Å². The molecule has 1 rings (SSSR count). The molecule has 0 aromatic heterocycles. The SMILES string of the molecule is COCCC(O)c1ccc(C(F)(F)F)cc1. The third-order valence-electron chi connectivity index (χ3n) is 2.22. The van der Waals surface area contributed by atoms with Gasteiger partial charge in [0, 0.05) is 20.1 Å². The van der Waals surface area contributed by atoms with Crippen molar-refractivity contribution in [1.29, 1.82) is 0 Å². The number of hydrogen-bond acceptors (Lipinski definition) is 2. The van der Waals surface area contributed by atoms with E-state index >= 15 is 0 Å². The predicted octanol–water partition coefficient (Wildman–Crippen LogP) is 2.78. The molecule has 1 aromatic carbocycles. The Bertz CT molecular complexity index is 319. The molecule has 0 bridgehead atoms. The first-order valence-corrected chi connectivity index (χ1v) is 4.79. The molecule has 0 saturated carbocycles. The van der Waals surface area contributed by atoms with E-state index in [9.17, 15) is 18.3 Å². The van der Waals surface area contributed by atoms with Gasteiger partial charge in [-0.1, -0.05) is 12.1 Å². The summed E-state index contributed by atoms with van der Waals surface area (Å²) >= 11 is 0. The van der Waals surface area contributed by atoms with E-state index in [1.165, 1.54) is 19.2 Å². The lowest BCUT2D eigenvalue weighted by atomic mass is 10.0. The van der Waals surface area contributed by atoms with Crippen LogP contribution in [0.3, 0.4) is 0 Å². The van der Waals surface area contributed by atoms with Gasteiger partial charge >= 0.3 is 6.18 Å². The van der Waals surface area contributed by atoms with Gasteiger partial charge in [-0.3, -0.25) is 0 Å². The third kappa shape index (κ3) is 3.50. The highest BCUT2D eigenvalue weighted by atomic mass is 19.4. The van der Waals surface area contributed by atoms with Crippen molar-refractivity contribution in [3.63, 3.8) is 0 Å². The van der Waals surface area contributed by atoms with E-state index in [0.717, 1.165) is 12.1 Å². The van der Waals surface area contributed by atoms with Crippen LogP contribution in [0, 0.1) is 0 Å². The molecule has 1 unspecified atom stereocenters. The van der Waals surface area contributed by atoms with Crippen molar-refractivity contribution < 1.29 is 23.0 Å². The summed E-state index contributed by atoms with van der Waals surface area (Å²) in [4.78, 5) is 0. The highest BCUT2D eigenvalue weighted by Gasteiger charge is 2.30. The quantitative estimate of drug-likeness (QED) is 0.868. The van der Waals surface area contributed by atoms with Crippen molar-refractivity contribution >= 4 is 0 Å². The second-order valence-electron chi connectivity index (χ2n) is 3.42. The Morgan fingerprint density at radius 1 is 1.25 bits per heavy atom. The second-order valence-corrected chi connectivity index (χ2v) is 3.42. The molecule has 5 heteroatoms. The smallest absolute Gasteiger partial charge is 0.388 e. The molecule has 1 atom stereocenters. The Morgan fingerprint density at radius 3 is 2.25 bits per heavy atom. The first-order valence-electron chi connectivity index (χ1n) is 4.79. The van der Waals surface area contributed by atoms with Gasteiger partial charge in [0.2, 0.25) is 0 Å². The second kappa shape index (κ2) is 5.32. The zero-order valence-electron chi connectivity index (χ0n) is 8.79. The van der Waals surface area contributed by atoms with Crippen molar-refractivity contribution in [2.45, 2.75) is 18.7 Å². The maximum Gasteiger partial charge on any atom is 0.416 e. The molecule has 0 heterocycles. The summed E-state index contributed by atoms with van der Waals surface area (Å²) in [6.07, 6.45) is -4.76. The third-order valence-corrected chi connectivity index (χ3v) is 2.22. The zero-order chi connectivity index (χ0) is 12.2. The van der Waals surface area contributed by atoms with Gasteiger partial charge < -0.3 is 9.84 Å². The lowest BCUT2D eigenvalue weighted by molar-refractivity contribution is -0.137. The van der Waals surface area contributed by atoms with Gasteiger partial charge in [0.15, 0.2) is 0 Å². The summed E-state index contributed by atoms with van der Waals surface area (Å²) in [5.74, 6) is 0. The summed E-state index contributed by atoms with van der Waals surface area (Å²) < 4.78 is 41.5. The largest absolute Gasteiger partial charge is 0.416 e. The number of alkyl halides is 3. The summed E-state index contributed by atoms with van der Waals surface area (Å²) in [5.41, 5.74) is -0.250. The molecule has 0 aliphatic carbocycles. The van der Waals surface area contributed by atoms with E-state index in [0.29, 0.717) is 18.6 Å². The van der Waals surface area contributed by atoms with Gasteiger partial charge in [0.1, 0.15) is 0 Å². The average molecular weight is 234 g/mol. The summed E-state index contributed by atoms with van der Waals surface area (Å²) in [6.45, 7) is 0.363. The number of rotatable bonds is 4. The minimum Gasteiger partial charge on any atom is -0.388 e. The first-order chi connectivity index (χ1) is 7.45. The molecule has 0 amide bonds. The van der Waals surface area contributed by atoms with E-state index < -0.39 is 17.8 Å². The van der Waals surface area contributed by atoms with Crippen molar-refractivity contribution in [3.05, 3.63) is 35.4 Å². The number of aliphatic hydroxyl groups is 1. The van der Waals surface area contributed by atoms with Crippen LogP contribution < -0.4 is 0 Å². The fraction of sp³-hybridized carbons (Fsp3) is 0.455. The van der Waals surface area contributed by atoms with E-state index in [2.05, 4.69) is 0 Å². The fourth-order valence-electron chi connectivity index (χ4n) is 1.29. The maximum absolute atomic E-state index is 12.2. The molecule has 0 fully saturated rings. The van der Waals surface area contributed by atoms with Crippen LogP contribution in [0.4, 0.5) is 13.2 Å². The summed E-state index contributed by atoms with van der Waals surface area (Å²) in [5, 5.41) is 9.58. The number of benzene rings is 1. The highest BCUT2D eigenvalue weighted by Crippen LogP contribution is 2.30. The van der Waals surface area contributed by atoms with Crippen LogP contribution >= 0.6 is 0 Å². The van der Waals surface area contributed by atoms with Crippen LogP contribution in [-0.2, 0) is 10.9 Å². The van der Waals surface area contributed by atoms with Crippen molar-refractivity contribution in [2.75, 3.05) is 13.7 Å². The first kappa shape index (κ1) is 13.0. The van der Waals surface area contributed by atoms with Gasteiger partial charge in [-0.15, -0.1) is 0 Å². The minimum absolute atomic E-state index is 0.363. The highest BCUT2D eigenvalue weighted by molar-refractivity contribution is 5.25. The summed E-state index contributed by atoms with van der Waals surface area (Å²) in [7, 11) is 1.50. The van der Waals surface area contributed by atoms with Crippen LogP contribution in [0.1, 0.15) is 23.7 Å². The molecule has 0 aliphatic heterocycles. The molecule has 0 saturated heterocycles. The lowest BCUT2D eigenvalue weighted by Crippen LogP contribution is -2.06. The zero-order valence-corrected chi connectivity index (χ0v) is 8.79. The van der Waals surface area contributed by atoms with Crippen LogP contribution in [-0.4, -0.2) is 18.8 Å². The van der Waals surface area contributed by atoms with Gasteiger partial charge in [0.25, 0.3) is 0 Å². The number of halogens is 3. The minimum atomic E-state index is -4.34. The molecular formula is C11H13F3O2. The predicted molar refractivity (Wildman–Crippen MR) is 52.9 cm³/mol. The van der Waals surface area contributed by atoms with Crippen LogP contribution in [0.2, 0.25) is 0 Å². The van der Waals surface area contributed by atoms with E-state index in [1.807, 2.05) is 0 Å². The molecule has 2 nitrogen and oxygen atoms in total. The lowest BCUT2D eigenvalue weighted by Gasteiger charge is -2.12. The Labute approximate surface area is 91.7 Å². The fourth-order valence-corrected chi connectivity index (χ4v) is 1.29. The molecule has 90 valence electrons. The van der Waals surface area contributed by atoms with Gasteiger partial charge in [0.05, 0.1) is 11.7 Å². The molecule has 0 spiro atoms. The Morgan fingerprint density at radius 2 is 1.81 bits per heavy atom. The molecular weight excluding hydrogens is 221 g/mol. The average Bonchev–Trinajstić information content (AvgIpc) is 2.25.